The quantitative estimate of drug-likeness (QED) is 0.757. The van der Waals surface area contributed by atoms with E-state index in [0.717, 1.165) is 17.1 Å². The molecule has 2 aromatic rings. The first-order valence-electron chi connectivity index (χ1n) is 7.46. The fourth-order valence-electron chi connectivity index (χ4n) is 3.35. The van der Waals surface area contributed by atoms with Gasteiger partial charge >= 0.3 is 5.97 Å². The molecule has 1 fully saturated rings. The van der Waals surface area contributed by atoms with Gasteiger partial charge in [-0.25, -0.2) is 4.79 Å². The second-order valence-electron chi connectivity index (χ2n) is 5.31. The minimum Gasteiger partial charge on any atom is -0.462 e. The summed E-state index contributed by atoms with van der Waals surface area (Å²) in [6.45, 7) is 2.25. The highest BCUT2D eigenvalue weighted by molar-refractivity contribution is 8.20. The van der Waals surface area contributed by atoms with Crippen molar-refractivity contribution in [1.29, 1.82) is 0 Å². The van der Waals surface area contributed by atoms with Gasteiger partial charge in [0.05, 0.1) is 12.2 Å². The summed E-state index contributed by atoms with van der Waals surface area (Å²) in [6, 6.07) is 14.5. The van der Waals surface area contributed by atoms with Crippen molar-refractivity contribution in [2.45, 2.75) is 11.0 Å². The molecule has 0 atom stereocenters. The Bertz CT molecular complexity index is 749. The third kappa shape index (κ3) is 1.87. The Morgan fingerprint density at radius 1 is 1.09 bits per heavy atom. The van der Waals surface area contributed by atoms with E-state index in [9.17, 15) is 4.79 Å². The molecular weight excluding hydrogens is 312 g/mol. The lowest BCUT2D eigenvalue weighted by Crippen LogP contribution is -2.13. The van der Waals surface area contributed by atoms with Crippen LogP contribution in [0.25, 0.3) is 11.1 Å². The van der Waals surface area contributed by atoms with E-state index in [1.165, 1.54) is 16.7 Å². The van der Waals surface area contributed by atoms with Crippen LogP contribution in [0.4, 0.5) is 0 Å². The molecule has 1 aliphatic carbocycles. The minimum atomic E-state index is -0.223. The first-order chi connectivity index (χ1) is 10.8. The Hall–Kier alpha value is -1.39. The Morgan fingerprint density at radius 2 is 1.82 bits per heavy atom. The maximum absolute atomic E-state index is 12.4. The van der Waals surface area contributed by atoms with Crippen molar-refractivity contribution in [3.8, 4) is 11.1 Å². The van der Waals surface area contributed by atoms with Crippen LogP contribution in [0.3, 0.4) is 0 Å². The lowest BCUT2D eigenvalue weighted by Gasteiger charge is -2.24. The van der Waals surface area contributed by atoms with Crippen molar-refractivity contribution in [3.05, 3.63) is 59.2 Å². The van der Waals surface area contributed by atoms with Gasteiger partial charge in [-0.2, -0.15) is 0 Å². The van der Waals surface area contributed by atoms with E-state index < -0.39 is 0 Å². The number of rotatable bonds is 2. The molecule has 0 unspecified atom stereocenters. The molecule has 0 bridgehead atoms. The van der Waals surface area contributed by atoms with E-state index in [0.29, 0.717) is 12.2 Å². The summed E-state index contributed by atoms with van der Waals surface area (Å²) in [5.41, 5.74) is 5.53. The predicted octanol–water partition coefficient (Wildman–Crippen LogP) is 4.52. The summed E-state index contributed by atoms with van der Waals surface area (Å²) in [5, 5.41) is 0. The van der Waals surface area contributed by atoms with Gasteiger partial charge in [0.2, 0.25) is 0 Å². The highest BCUT2D eigenvalue weighted by Gasteiger charge is 2.47. The molecule has 0 saturated carbocycles. The zero-order valence-electron chi connectivity index (χ0n) is 12.3. The van der Waals surface area contributed by atoms with Crippen molar-refractivity contribution >= 4 is 29.5 Å². The maximum Gasteiger partial charge on any atom is 0.338 e. The number of benzene rings is 2. The van der Waals surface area contributed by atoms with E-state index in [2.05, 4.69) is 24.3 Å². The number of carbonyl (C=O) groups excluding carboxylic acids is 1. The Kier molecular flexibility index (Phi) is 3.46. The molecule has 112 valence electrons. The topological polar surface area (TPSA) is 26.3 Å². The van der Waals surface area contributed by atoms with E-state index >= 15 is 0 Å². The van der Waals surface area contributed by atoms with Crippen LogP contribution in [0, 0.1) is 0 Å². The van der Waals surface area contributed by atoms with Gasteiger partial charge in [-0.3, -0.25) is 0 Å². The smallest absolute Gasteiger partial charge is 0.338 e. The second kappa shape index (κ2) is 5.36. The van der Waals surface area contributed by atoms with Gasteiger partial charge < -0.3 is 4.74 Å². The Morgan fingerprint density at radius 3 is 2.59 bits per heavy atom. The summed E-state index contributed by atoms with van der Waals surface area (Å²) in [7, 11) is 0. The van der Waals surface area contributed by atoms with Crippen molar-refractivity contribution < 1.29 is 9.53 Å². The number of esters is 1. The van der Waals surface area contributed by atoms with Gasteiger partial charge in [0.1, 0.15) is 4.08 Å². The first kappa shape index (κ1) is 14.2. The van der Waals surface area contributed by atoms with Crippen LogP contribution in [0.2, 0.25) is 0 Å². The monoisotopic (exact) mass is 328 g/mol. The van der Waals surface area contributed by atoms with Crippen LogP contribution in [0.15, 0.2) is 42.5 Å². The summed E-state index contributed by atoms with van der Waals surface area (Å²) in [5.74, 6) is 2.06. The predicted molar refractivity (Wildman–Crippen MR) is 93.5 cm³/mol. The Balaban J connectivity index is 1.99. The van der Waals surface area contributed by atoms with Crippen molar-refractivity contribution in [3.63, 3.8) is 0 Å². The normalized spacial score (nSPS) is 17.3. The lowest BCUT2D eigenvalue weighted by atomic mass is 9.99. The van der Waals surface area contributed by atoms with E-state index in [4.69, 9.17) is 4.74 Å². The highest BCUT2D eigenvalue weighted by Crippen LogP contribution is 2.64. The van der Waals surface area contributed by atoms with E-state index in [-0.39, 0.29) is 10.0 Å². The molecule has 2 aromatic carbocycles. The molecule has 1 spiro atoms. The van der Waals surface area contributed by atoms with Crippen LogP contribution in [0.5, 0.6) is 0 Å². The zero-order chi connectivity index (χ0) is 15.2. The maximum atomic E-state index is 12.4. The van der Waals surface area contributed by atoms with Crippen LogP contribution < -0.4 is 0 Å². The van der Waals surface area contributed by atoms with Crippen LogP contribution in [-0.2, 0) is 8.82 Å². The molecule has 0 radical (unpaired) electrons. The highest BCUT2D eigenvalue weighted by atomic mass is 32.2. The van der Waals surface area contributed by atoms with Crippen molar-refractivity contribution in [1.82, 2.24) is 0 Å². The fraction of sp³-hybridized carbons (Fsp3) is 0.278. The number of hydrogen-bond acceptors (Lipinski definition) is 4. The van der Waals surface area contributed by atoms with Gasteiger partial charge in [0, 0.05) is 17.1 Å². The van der Waals surface area contributed by atoms with Crippen LogP contribution >= 0.6 is 23.5 Å². The molecule has 1 heterocycles. The lowest BCUT2D eigenvalue weighted by molar-refractivity contribution is 0.0527. The molecule has 1 aliphatic heterocycles. The molecule has 0 amide bonds. The number of thioether (sulfide) groups is 2. The number of hydrogen-bond donors (Lipinski definition) is 0. The second-order valence-corrected chi connectivity index (χ2v) is 8.18. The zero-order valence-corrected chi connectivity index (χ0v) is 13.9. The van der Waals surface area contributed by atoms with Gasteiger partial charge in [-0.1, -0.05) is 36.4 Å². The number of ether oxygens (including phenoxy) is 1. The summed E-state index contributed by atoms with van der Waals surface area (Å²) in [4.78, 5) is 12.4. The molecule has 0 aromatic heterocycles. The average molecular weight is 328 g/mol. The summed E-state index contributed by atoms with van der Waals surface area (Å²) < 4.78 is 5.22. The standard InChI is InChI=1S/C18H16O2S2/c1-2-20-17(19)13-7-5-9-15-16(13)12-6-3-4-8-14(12)18(15)21-10-11-22-18/h3-9H,2,10-11H2,1H3. The molecule has 4 heteroatoms. The van der Waals surface area contributed by atoms with Crippen LogP contribution in [-0.4, -0.2) is 24.1 Å². The third-order valence-corrected chi connectivity index (χ3v) is 7.63. The third-order valence-electron chi connectivity index (χ3n) is 4.16. The van der Waals surface area contributed by atoms with E-state index in [1.54, 1.807) is 0 Å². The van der Waals surface area contributed by atoms with Gasteiger partial charge in [0.25, 0.3) is 0 Å². The molecular formula is C18H16O2S2. The summed E-state index contributed by atoms with van der Waals surface area (Å²) in [6.07, 6.45) is 0. The minimum absolute atomic E-state index is 0.0472. The molecule has 2 aliphatic rings. The molecule has 1 saturated heterocycles. The largest absolute Gasteiger partial charge is 0.462 e. The summed E-state index contributed by atoms with van der Waals surface area (Å²) >= 11 is 3.96. The fourth-order valence-corrected chi connectivity index (χ4v) is 6.75. The van der Waals surface area contributed by atoms with Crippen LogP contribution in [0.1, 0.15) is 28.4 Å². The van der Waals surface area contributed by atoms with Crippen molar-refractivity contribution in [2.75, 3.05) is 18.1 Å². The van der Waals surface area contributed by atoms with Gasteiger partial charge in [-0.15, -0.1) is 23.5 Å². The Labute approximate surface area is 138 Å². The molecule has 2 nitrogen and oxygen atoms in total. The molecule has 0 N–H and O–H groups in total. The average Bonchev–Trinajstić information content (AvgIpc) is 3.14. The number of carbonyl (C=O) groups is 1. The number of fused-ring (bicyclic) bond motifs is 5. The molecule has 22 heavy (non-hydrogen) atoms. The van der Waals surface area contributed by atoms with Gasteiger partial charge in [0.15, 0.2) is 0 Å². The molecule has 4 rings (SSSR count). The van der Waals surface area contributed by atoms with E-state index in [1.807, 2.05) is 48.6 Å². The first-order valence-corrected chi connectivity index (χ1v) is 9.43. The van der Waals surface area contributed by atoms with Crippen molar-refractivity contribution in [2.24, 2.45) is 0 Å². The SMILES string of the molecule is CCOC(=O)c1cccc2c1-c1ccccc1C21SCCS1. The van der Waals surface area contributed by atoms with Gasteiger partial charge in [-0.05, 0) is 29.7 Å².